The zero-order valence-corrected chi connectivity index (χ0v) is 11.5. The number of piperidine rings is 3. The van der Waals surface area contributed by atoms with Gasteiger partial charge in [-0.2, -0.15) is 0 Å². The van der Waals surface area contributed by atoms with Gasteiger partial charge in [0, 0.05) is 12.0 Å². The summed E-state index contributed by atoms with van der Waals surface area (Å²) in [6, 6.07) is 8.06. The van der Waals surface area contributed by atoms with Gasteiger partial charge >= 0.3 is 0 Å². The number of carbonyl (C=O) groups is 1. The quantitative estimate of drug-likeness (QED) is 0.828. The third-order valence-electron chi connectivity index (χ3n) is 4.79. The van der Waals surface area contributed by atoms with E-state index in [4.69, 9.17) is 4.74 Å². The first-order valence-corrected chi connectivity index (χ1v) is 7.28. The maximum atomic E-state index is 12.3. The van der Waals surface area contributed by atoms with Gasteiger partial charge in [-0.05, 0) is 43.0 Å². The molecule has 2 bridgehead atoms. The monoisotopic (exact) mass is 260 g/mol. The summed E-state index contributed by atoms with van der Waals surface area (Å²) in [7, 11) is 1.65. The number of ketones is 1. The van der Waals surface area contributed by atoms with Gasteiger partial charge in [0.15, 0.2) is 5.78 Å². The number of nitrogens with one attached hydrogen (secondary N) is 1. The normalized spacial score (nSPS) is 29.2. The number of methoxy groups -OCH3 is 1. The van der Waals surface area contributed by atoms with E-state index in [1.54, 1.807) is 12.0 Å². The summed E-state index contributed by atoms with van der Waals surface area (Å²) >= 11 is 0. The minimum absolute atomic E-state index is 0.285. The highest BCUT2D eigenvalue weighted by Crippen LogP contribution is 2.23. The molecule has 1 unspecified atom stereocenters. The minimum Gasteiger partial charge on any atom is -0.497 e. The summed E-state index contributed by atoms with van der Waals surface area (Å²) in [5.74, 6) is 1.97. The Kier molecular flexibility index (Phi) is 3.56. The highest BCUT2D eigenvalue weighted by atomic mass is 16.5. The summed E-state index contributed by atoms with van der Waals surface area (Å²) in [6.45, 7) is 2.54. The van der Waals surface area contributed by atoms with E-state index in [9.17, 15) is 4.79 Å². The van der Waals surface area contributed by atoms with E-state index in [1.165, 1.54) is 32.4 Å². The van der Waals surface area contributed by atoms with Crippen molar-refractivity contribution in [2.45, 2.75) is 31.7 Å². The fraction of sp³-hybridized carbons (Fsp3) is 0.562. The largest absolute Gasteiger partial charge is 0.497 e. The van der Waals surface area contributed by atoms with Crippen LogP contribution in [0.15, 0.2) is 24.3 Å². The van der Waals surface area contributed by atoms with Crippen LogP contribution in [0.1, 0.15) is 36.0 Å². The molecule has 1 atom stereocenters. The second-order valence-electron chi connectivity index (χ2n) is 5.89. The van der Waals surface area contributed by atoms with Crippen LogP contribution in [-0.4, -0.2) is 32.0 Å². The molecule has 3 aliphatic rings. The lowest BCUT2D eigenvalue weighted by atomic mass is 9.81. The lowest BCUT2D eigenvalue weighted by Gasteiger charge is -2.42. The smallest absolute Gasteiger partial charge is 0.168 e. The minimum atomic E-state index is 0.285. The average Bonchev–Trinajstić information content (AvgIpc) is 2.48. The molecule has 0 amide bonds. The van der Waals surface area contributed by atoms with Gasteiger partial charge in [0.05, 0.1) is 32.7 Å². The molecule has 19 heavy (non-hydrogen) atoms. The Morgan fingerprint density at radius 1 is 1.26 bits per heavy atom. The molecule has 0 spiro atoms. The summed E-state index contributed by atoms with van der Waals surface area (Å²) in [4.78, 5) is 14.0. The van der Waals surface area contributed by atoms with E-state index in [2.05, 4.69) is 0 Å². The molecule has 1 N–H and O–H groups in total. The molecular formula is C16H22NO2+. The van der Waals surface area contributed by atoms with Crippen molar-refractivity contribution in [2.24, 2.45) is 5.92 Å². The highest BCUT2D eigenvalue weighted by Gasteiger charge is 2.38. The maximum Gasteiger partial charge on any atom is 0.168 e. The van der Waals surface area contributed by atoms with Crippen LogP contribution in [0.5, 0.6) is 5.75 Å². The molecule has 0 saturated carbocycles. The molecule has 1 aromatic rings. The van der Waals surface area contributed by atoms with Crippen LogP contribution in [0.25, 0.3) is 0 Å². The van der Waals surface area contributed by atoms with Crippen molar-refractivity contribution in [3.8, 4) is 5.75 Å². The van der Waals surface area contributed by atoms with Gasteiger partial charge in [-0.3, -0.25) is 4.79 Å². The van der Waals surface area contributed by atoms with Gasteiger partial charge in [0.2, 0.25) is 0 Å². The van der Waals surface area contributed by atoms with E-state index < -0.39 is 0 Å². The number of ether oxygens (including phenoxy) is 1. The Balaban J connectivity index is 1.64. The fourth-order valence-electron chi connectivity index (χ4n) is 3.61. The zero-order chi connectivity index (χ0) is 13.2. The number of fused-ring (bicyclic) bond motifs is 3. The van der Waals surface area contributed by atoms with Gasteiger partial charge in [-0.25, -0.2) is 0 Å². The number of quaternary nitrogens is 1. The standard InChI is InChI=1S/C16H21NO2/c1-19-15-4-2-13(3-5-15)16(18)11-14-10-12-6-8-17(14)9-7-12/h2-5,12,14H,6-11H2,1H3/p+1. The van der Waals surface area contributed by atoms with Crippen molar-refractivity contribution < 1.29 is 14.4 Å². The summed E-state index contributed by atoms with van der Waals surface area (Å²) in [5, 5.41) is 0. The third kappa shape index (κ3) is 2.66. The Hall–Kier alpha value is -1.35. The molecule has 3 heteroatoms. The van der Waals surface area contributed by atoms with Crippen molar-refractivity contribution in [3.63, 3.8) is 0 Å². The molecule has 3 fully saturated rings. The highest BCUT2D eigenvalue weighted by molar-refractivity contribution is 5.96. The van der Waals surface area contributed by atoms with Gasteiger partial charge < -0.3 is 9.64 Å². The van der Waals surface area contributed by atoms with Crippen LogP contribution in [0.2, 0.25) is 0 Å². The molecule has 0 aliphatic carbocycles. The van der Waals surface area contributed by atoms with Crippen LogP contribution < -0.4 is 9.64 Å². The topological polar surface area (TPSA) is 30.7 Å². The first-order valence-electron chi connectivity index (χ1n) is 7.28. The van der Waals surface area contributed by atoms with Crippen LogP contribution in [0.4, 0.5) is 0 Å². The van der Waals surface area contributed by atoms with Crippen LogP contribution in [0, 0.1) is 5.92 Å². The molecule has 0 aromatic heterocycles. The predicted molar refractivity (Wildman–Crippen MR) is 73.8 cm³/mol. The van der Waals surface area contributed by atoms with Crippen LogP contribution >= 0.6 is 0 Å². The van der Waals surface area contributed by atoms with E-state index in [-0.39, 0.29) is 5.78 Å². The van der Waals surface area contributed by atoms with Gasteiger partial charge in [0.1, 0.15) is 5.75 Å². The molecule has 3 saturated heterocycles. The molecule has 3 heterocycles. The number of hydrogen-bond acceptors (Lipinski definition) is 2. The second kappa shape index (κ2) is 5.33. The number of carbonyl (C=O) groups excluding carboxylic acids is 1. The molecule has 102 valence electrons. The number of rotatable bonds is 4. The predicted octanol–water partition coefficient (Wildman–Crippen LogP) is 1.34. The van der Waals surface area contributed by atoms with Gasteiger partial charge in [-0.15, -0.1) is 0 Å². The van der Waals surface area contributed by atoms with E-state index >= 15 is 0 Å². The molecule has 3 aliphatic heterocycles. The van der Waals surface area contributed by atoms with Crippen molar-refractivity contribution in [2.75, 3.05) is 20.2 Å². The van der Waals surface area contributed by atoms with Crippen LogP contribution in [0.3, 0.4) is 0 Å². The van der Waals surface area contributed by atoms with Gasteiger partial charge in [0.25, 0.3) is 0 Å². The lowest BCUT2D eigenvalue weighted by molar-refractivity contribution is -0.941. The SMILES string of the molecule is COc1ccc(C(=O)CC2CC3CC[NH+]2CC3)cc1. The summed E-state index contributed by atoms with van der Waals surface area (Å²) < 4.78 is 5.12. The van der Waals surface area contributed by atoms with E-state index in [0.29, 0.717) is 12.5 Å². The van der Waals surface area contributed by atoms with Crippen molar-refractivity contribution >= 4 is 5.78 Å². The molecule has 3 nitrogen and oxygen atoms in total. The number of Topliss-reactive ketones (excluding diaryl/α,β-unsaturated/α-hetero) is 1. The van der Waals surface area contributed by atoms with Crippen LogP contribution in [-0.2, 0) is 0 Å². The molecule has 4 rings (SSSR count). The van der Waals surface area contributed by atoms with Crippen molar-refractivity contribution in [3.05, 3.63) is 29.8 Å². The number of hydrogen-bond donors (Lipinski definition) is 1. The molecule has 0 radical (unpaired) electrons. The van der Waals surface area contributed by atoms with Crippen molar-refractivity contribution in [1.29, 1.82) is 0 Å². The Bertz CT molecular complexity index is 446. The second-order valence-corrected chi connectivity index (χ2v) is 5.89. The Morgan fingerprint density at radius 3 is 2.47 bits per heavy atom. The Labute approximate surface area is 114 Å². The molecule has 1 aromatic carbocycles. The average molecular weight is 260 g/mol. The lowest BCUT2D eigenvalue weighted by Crippen LogP contribution is -3.18. The zero-order valence-electron chi connectivity index (χ0n) is 11.5. The Morgan fingerprint density at radius 2 is 1.95 bits per heavy atom. The summed E-state index contributed by atoms with van der Waals surface area (Å²) in [5.41, 5.74) is 0.822. The van der Waals surface area contributed by atoms with Crippen molar-refractivity contribution in [1.82, 2.24) is 0 Å². The fourth-order valence-corrected chi connectivity index (χ4v) is 3.61. The maximum absolute atomic E-state index is 12.3. The van der Waals surface area contributed by atoms with E-state index in [1.807, 2.05) is 24.3 Å². The first kappa shape index (κ1) is 12.7. The first-order chi connectivity index (χ1) is 9.26. The summed E-state index contributed by atoms with van der Waals surface area (Å²) in [6.07, 6.45) is 4.68. The van der Waals surface area contributed by atoms with Gasteiger partial charge in [-0.1, -0.05) is 0 Å². The van der Waals surface area contributed by atoms with E-state index in [0.717, 1.165) is 17.2 Å². The molecular weight excluding hydrogens is 238 g/mol. The third-order valence-corrected chi connectivity index (χ3v) is 4.79. The number of benzene rings is 1.